The highest BCUT2D eigenvalue weighted by molar-refractivity contribution is 5.41. The lowest BCUT2D eigenvalue weighted by Crippen LogP contribution is -2.22. The second-order valence-corrected chi connectivity index (χ2v) is 5.48. The average Bonchev–Trinajstić information content (AvgIpc) is 2.29. The molecular weight excluding hydrogens is 222 g/mol. The predicted molar refractivity (Wildman–Crippen MR) is 77.1 cm³/mol. The van der Waals surface area contributed by atoms with E-state index in [9.17, 15) is 0 Å². The molecule has 18 heavy (non-hydrogen) atoms. The molecule has 0 atom stereocenters. The molecule has 0 amide bonds. The van der Waals surface area contributed by atoms with Gasteiger partial charge in [0.15, 0.2) is 0 Å². The quantitative estimate of drug-likeness (QED) is 0.636. The van der Waals surface area contributed by atoms with E-state index in [1.165, 1.54) is 11.1 Å². The monoisotopic (exact) mass is 245 g/mol. The molecule has 2 heteroatoms. The van der Waals surface area contributed by atoms with Crippen LogP contribution < -0.4 is 10.1 Å². The van der Waals surface area contributed by atoms with Gasteiger partial charge in [-0.1, -0.05) is 44.4 Å². The van der Waals surface area contributed by atoms with Gasteiger partial charge in [0.2, 0.25) is 0 Å². The number of hydrogen-bond donors (Lipinski definition) is 1. The van der Waals surface area contributed by atoms with Crippen molar-refractivity contribution in [3.63, 3.8) is 0 Å². The molecule has 0 saturated heterocycles. The van der Waals surface area contributed by atoms with E-state index in [-0.39, 0.29) is 5.41 Å². The Hall–Kier alpha value is -1.46. The first kappa shape index (κ1) is 14.6. The fourth-order valence-electron chi connectivity index (χ4n) is 1.75. The van der Waals surface area contributed by atoms with Crippen LogP contribution in [-0.2, 0) is 5.41 Å². The molecule has 1 rings (SSSR count). The highest BCUT2D eigenvalue weighted by Crippen LogP contribution is 2.31. The van der Waals surface area contributed by atoms with Crippen LogP contribution in [0.4, 0.5) is 0 Å². The van der Waals surface area contributed by atoms with Gasteiger partial charge in [0, 0.05) is 6.54 Å². The van der Waals surface area contributed by atoms with Crippen molar-refractivity contribution >= 4 is 0 Å². The molecule has 0 aliphatic carbocycles. The highest BCUT2D eigenvalue weighted by atomic mass is 16.5. The maximum absolute atomic E-state index is 5.83. The van der Waals surface area contributed by atoms with Crippen LogP contribution >= 0.6 is 0 Å². The number of ether oxygens (including phenoxy) is 1. The minimum Gasteiger partial charge on any atom is -0.492 e. The van der Waals surface area contributed by atoms with Crippen LogP contribution in [0.2, 0.25) is 0 Å². The second-order valence-electron chi connectivity index (χ2n) is 5.48. The van der Waals surface area contributed by atoms with Crippen molar-refractivity contribution in [2.75, 3.05) is 19.7 Å². The molecule has 0 spiro atoms. The van der Waals surface area contributed by atoms with E-state index in [1.807, 2.05) is 0 Å². The minimum atomic E-state index is 0.0909. The average molecular weight is 245 g/mol. The Labute approximate surface area is 111 Å². The van der Waals surface area contributed by atoms with Crippen LogP contribution in [0.5, 0.6) is 5.75 Å². The highest BCUT2D eigenvalue weighted by Gasteiger charge is 2.18. The van der Waals surface area contributed by atoms with Crippen molar-refractivity contribution < 1.29 is 4.74 Å². The first-order valence-corrected chi connectivity index (χ1v) is 6.33. The van der Waals surface area contributed by atoms with Crippen molar-refractivity contribution in [3.05, 3.63) is 29.3 Å². The van der Waals surface area contributed by atoms with E-state index < -0.39 is 0 Å². The molecule has 0 unspecified atom stereocenters. The predicted octanol–water partition coefficient (Wildman–Crippen LogP) is 2.89. The van der Waals surface area contributed by atoms with Gasteiger partial charge < -0.3 is 10.1 Å². The first-order chi connectivity index (χ1) is 8.45. The summed E-state index contributed by atoms with van der Waals surface area (Å²) in [5.74, 6) is 3.51. The minimum absolute atomic E-state index is 0.0909. The summed E-state index contributed by atoms with van der Waals surface area (Å²) in [6, 6.07) is 6.33. The van der Waals surface area contributed by atoms with E-state index in [0.717, 1.165) is 12.3 Å². The SMILES string of the molecule is C#CCNCCOc1ccc(C)cc1C(C)(C)C. The molecule has 0 heterocycles. The standard InChI is InChI=1S/C16H23NO/c1-6-9-17-10-11-18-15-8-7-13(2)12-14(15)16(3,4)5/h1,7-8,12,17H,9-11H2,2-5H3. The van der Waals surface area contributed by atoms with Crippen LogP contribution in [0.3, 0.4) is 0 Å². The van der Waals surface area contributed by atoms with Gasteiger partial charge in [-0.25, -0.2) is 0 Å². The smallest absolute Gasteiger partial charge is 0.123 e. The van der Waals surface area contributed by atoms with Gasteiger partial charge in [-0.05, 0) is 24.0 Å². The molecule has 0 bridgehead atoms. The number of nitrogens with one attached hydrogen (secondary N) is 1. The summed E-state index contributed by atoms with van der Waals surface area (Å²) < 4.78 is 5.83. The van der Waals surface area contributed by atoms with Crippen LogP contribution in [0.1, 0.15) is 31.9 Å². The van der Waals surface area contributed by atoms with Crippen molar-refractivity contribution in [1.29, 1.82) is 0 Å². The molecule has 2 nitrogen and oxygen atoms in total. The van der Waals surface area contributed by atoms with Crippen LogP contribution in [0.15, 0.2) is 18.2 Å². The lowest BCUT2D eigenvalue weighted by atomic mass is 9.85. The van der Waals surface area contributed by atoms with E-state index in [4.69, 9.17) is 11.2 Å². The summed E-state index contributed by atoms with van der Waals surface area (Å²) in [6.45, 7) is 10.7. The molecule has 0 fully saturated rings. The van der Waals surface area contributed by atoms with E-state index in [2.05, 4.69) is 57.1 Å². The van der Waals surface area contributed by atoms with Crippen LogP contribution in [0, 0.1) is 19.3 Å². The fourth-order valence-corrected chi connectivity index (χ4v) is 1.75. The summed E-state index contributed by atoms with van der Waals surface area (Å²) in [4.78, 5) is 0. The Bertz CT molecular complexity index is 424. The lowest BCUT2D eigenvalue weighted by Gasteiger charge is -2.23. The molecule has 0 aliphatic rings. The zero-order valence-corrected chi connectivity index (χ0v) is 11.8. The number of aryl methyl sites for hydroxylation is 1. The summed E-state index contributed by atoms with van der Waals surface area (Å²) >= 11 is 0. The van der Waals surface area contributed by atoms with E-state index in [1.54, 1.807) is 0 Å². The molecule has 0 radical (unpaired) electrons. The number of hydrogen-bond acceptors (Lipinski definition) is 2. The van der Waals surface area contributed by atoms with Crippen LogP contribution in [0.25, 0.3) is 0 Å². The Morgan fingerprint density at radius 1 is 1.33 bits per heavy atom. The molecule has 0 aromatic heterocycles. The van der Waals surface area contributed by atoms with Crippen molar-refractivity contribution in [2.24, 2.45) is 0 Å². The molecule has 98 valence electrons. The largest absolute Gasteiger partial charge is 0.492 e. The zero-order chi connectivity index (χ0) is 13.6. The molecular formula is C16H23NO. The number of benzene rings is 1. The summed E-state index contributed by atoms with van der Waals surface area (Å²) in [7, 11) is 0. The first-order valence-electron chi connectivity index (χ1n) is 6.33. The topological polar surface area (TPSA) is 21.3 Å². The molecule has 1 N–H and O–H groups in total. The third kappa shape index (κ3) is 4.43. The molecule has 1 aromatic rings. The van der Waals surface area contributed by atoms with Gasteiger partial charge >= 0.3 is 0 Å². The molecule has 0 aliphatic heterocycles. The second kappa shape index (κ2) is 6.47. The Balaban J connectivity index is 2.68. The Kier molecular flexibility index (Phi) is 5.25. The third-order valence-corrected chi connectivity index (χ3v) is 2.71. The van der Waals surface area contributed by atoms with Gasteiger partial charge in [0.25, 0.3) is 0 Å². The van der Waals surface area contributed by atoms with Gasteiger partial charge in [-0.2, -0.15) is 0 Å². The van der Waals surface area contributed by atoms with Crippen molar-refractivity contribution in [2.45, 2.75) is 33.1 Å². The van der Waals surface area contributed by atoms with Crippen molar-refractivity contribution in [1.82, 2.24) is 5.32 Å². The summed E-state index contributed by atoms with van der Waals surface area (Å²) in [6.07, 6.45) is 5.17. The van der Waals surface area contributed by atoms with Gasteiger partial charge in [-0.3, -0.25) is 0 Å². The summed E-state index contributed by atoms with van der Waals surface area (Å²) in [5, 5.41) is 3.11. The number of rotatable bonds is 5. The number of terminal acetylenes is 1. The van der Waals surface area contributed by atoms with Gasteiger partial charge in [0.1, 0.15) is 12.4 Å². The summed E-state index contributed by atoms with van der Waals surface area (Å²) in [5.41, 5.74) is 2.60. The fraction of sp³-hybridized carbons (Fsp3) is 0.500. The lowest BCUT2D eigenvalue weighted by molar-refractivity contribution is 0.308. The molecule has 0 saturated carbocycles. The van der Waals surface area contributed by atoms with Gasteiger partial charge in [-0.15, -0.1) is 6.42 Å². The van der Waals surface area contributed by atoms with Crippen molar-refractivity contribution in [3.8, 4) is 18.1 Å². The maximum Gasteiger partial charge on any atom is 0.123 e. The van der Waals surface area contributed by atoms with Gasteiger partial charge in [0.05, 0.1) is 6.54 Å². The Morgan fingerprint density at radius 2 is 2.06 bits per heavy atom. The van der Waals surface area contributed by atoms with E-state index >= 15 is 0 Å². The normalized spacial score (nSPS) is 11.1. The Morgan fingerprint density at radius 3 is 2.67 bits per heavy atom. The van der Waals surface area contributed by atoms with E-state index in [0.29, 0.717) is 13.2 Å². The van der Waals surface area contributed by atoms with Crippen LogP contribution in [-0.4, -0.2) is 19.7 Å². The molecule has 1 aromatic carbocycles. The maximum atomic E-state index is 5.83. The third-order valence-electron chi connectivity index (χ3n) is 2.71. The zero-order valence-electron chi connectivity index (χ0n) is 11.8.